The van der Waals surface area contributed by atoms with Gasteiger partial charge in [0.25, 0.3) is 15.9 Å². The van der Waals surface area contributed by atoms with E-state index in [4.69, 9.17) is 0 Å². The van der Waals surface area contributed by atoms with Crippen molar-refractivity contribution >= 4 is 33.3 Å². The van der Waals surface area contributed by atoms with Gasteiger partial charge in [-0.05, 0) is 23.9 Å². The van der Waals surface area contributed by atoms with Gasteiger partial charge in [0.05, 0.1) is 6.04 Å². The summed E-state index contributed by atoms with van der Waals surface area (Å²) in [4.78, 5) is 28.5. The molecule has 0 spiro atoms. The maximum atomic E-state index is 13.0. The lowest BCUT2D eigenvalue weighted by molar-refractivity contribution is -0.130. The Hall–Kier alpha value is -2.23. The van der Waals surface area contributed by atoms with Crippen LogP contribution in [0.25, 0.3) is 0 Å². The summed E-state index contributed by atoms with van der Waals surface area (Å²) in [6, 6.07) is 11.0. The Kier molecular flexibility index (Phi) is 4.53. The number of fused-ring (bicyclic) bond motifs is 1. The predicted octanol–water partition coefficient (Wildman–Crippen LogP) is 2.15. The summed E-state index contributed by atoms with van der Waals surface area (Å²) in [5, 5.41) is 1.71. The van der Waals surface area contributed by atoms with E-state index in [1.54, 1.807) is 17.5 Å². The Morgan fingerprint density at radius 1 is 1.07 bits per heavy atom. The molecule has 2 fully saturated rings. The second kappa shape index (κ2) is 6.74. The molecule has 0 radical (unpaired) electrons. The van der Waals surface area contributed by atoms with Gasteiger partial charge in [0, 0.05) is 19.6 Å². The van der Waals surface area contributed by atoms with E-state index in [0.29, 0.717) is 0 Å². The lowest BCUT2D eigenvalue weighted by Crippen LogP contribution is -2.54. The third kappa shape index (κ3) is 2.95. The van der Waals surface area contributed by atoms with Crippen molar-refractivity contribution in [2.75, 3.05) is 19.6 Å². The van der Waals surface area contributed by atoms with E-state index in [-0.39, 0.29) is 35.8 Å². The van der Waals surface area contributed by atoms with Gasteiger partial charge in [-0.3, -0.25) is 9.69 Å². The fraction of sp³-hybridized carbons (Fsp3) is 0.333. The van der Waals surface area contributed by atoms with Gasteiger partial charge in [-0.1, -0.05) is 36.4 Å². The van der Waals surface area contributed by atoms with E-state index < -0.39 is 22.1 Å². The number of rotatable bonds is 4. The Balaban J connectivity index is 1.58. The van der Waals surface area contributed by atoms with Gasteiger partial charge in [0.1, 0.15) is 10.3 Å². The molecule has 0 saturated carbocycles. The molecule has 4 rings (SSSR count). The number of piperazine rings is 1. The van der Waals surface area contributed by atoms with Crippen molar-refractivity contribution in [2.24, 2.45) is 0 Å². The van der Waals surface area contributed by atoms with Gasteiger partial charge >= 0.3 is 6.03 Å². The van der Waals surface area contributed by atoms with Gasteiger partial charge in [-0.25, -0.2) is 13.2 Å². The van der Waals surface area contributed by atoms with E-state index in [0.717, 1.165) is 16.9 Å². The average Bonchev–Trinajstić information content (AvgIpc) is 3.30. The minimum absolute atomic E-state index is 0.0111. The minimum Gasteiger partial charge on any atom is -0.310 e. The summed E-state index contributed by atoms with van der Waals surface area (Å²) >= 11 is 1.15. The van der Waals surface area contributed by atoms with Crippen LogP contribution in [0.2, 0.25) is 0 Å². The van der Waals surface area contributed by atoms with E-state index >= 15 is 0 Å². The van der Waals surface area contributed by atoms with E-state index in [9.17, 15) is 18.0 Å². The maximum absolute atomic E-state index is 13.0. The van der Waals surface area contributed by atoms with Crippen molar-refractivity contribution in [2.45, 2.75) is 23.2 Å². The second-order valence-electron chi connectivity index (χ2n) is 6.58. The molecule has 2 aliphatic rings. The van der Waals surface area contributed by atoms with Crippen LogP contribution in [0.1, 0.15) is 18.5 Å². The molecule has 0 bridgehead atoms. The fourth-order valence-corrected chi connectivity index (χ4v) is 6.17. The number of carbonyl (C=O) groups is 2. The maximum Gasteiger partial charge on any atom is 0.328 e. The number of carbonyl (C=O) groups excluding carboxylic acids is 2. The highest BCUT2D eigenvalue weighted by Gasteiger charge is 2.51. The summed E-state index contributed by atoms with van der Waals surface area (Å²) in [5.74, 6) is -0.345. The number of hydrogen-bond donors (Lipinski definition) is 0. The first-order valence-electron chi connectivity index (χ1n) is 8.63. The van der Waals surface area contributed by atoms with E-state index in [1.807, 2.05) is 37.3 Å². The Morgan fingerprint density at radius 2 is 1.81 bits per heavy atom. The zero-order valence-electron chi connectivity index (χ0n) is 14.7. The first-order chi connectivity index (χ1) is 12.9. The summed E-state index contributed by atoms with van der Waals surface area (Å²) in [6.07, 6.45) is 0. The van der Waals surface area contributed by atoms with Crippen LogP contribution in [0.3, 0.4) is 0 Å². The second-order valence-corrected chi connectivity index (χ2v) is 9.69. The molecule has 1 aromatic heterocycles. The first-order valence-corrected chi connectivity index (χ1v) is 11.0. The number of hydrogen-bond acceptors (Lipinski definition) is 5. The van der Waals surface area contributed by atoms with Crippen LogP contribution in [0, 0.1) is 0 Å². The third-order valence-corrected chi connectivity index (χ3v) is 8.31. The number of urea groups is 1. The standard InChI is InChI=1S/C18H19N3O4S2/c1-13(14-6-3-2-4-7-14)21-17(22)15-12-19(9-10-20(15)18(21)23)27(24,25)16-8-5-11-26-16/h2-8,11,13,15H,9-10,12H2,1H3. The molecule has 0 N–H and O–H groups in total. The quantitative estimate of drug-likeness (QED) is 0.730. The first kappa shape index (κ1) is 18.1. The van der Waals surface area contributed by atoms with Crippen LogP contribution < -0.4 is 0 Å². The van der Waals surface area contributed by atoms with Crippen LogP contribution in [-0.4, -0.2) is 60.1 Å². The van der Waals surface area contributed by atoms with Crippen molar-refractivity contribution in [1.82, 2.24) is 14.1 Å². The highest BCUT2D eigenvalue weighted by Crippen LogP contribution is 2.32. The van der Waals surface area contributed by atoms with Gasteiger partial charge in [0.2, 0.25) is 0 Å². The lowest BCUT2D eigenvalue weighted by Gasteiger charge is -2.34. The molecule has 7 nitrogen and oxygen atoms in total. The van der Waals surface area contributed by atoms with Gasteiger partial charge < -0.3 is 4.90 Å². The number of thiophene rings is 1. The Morgan fingerprint density at radius 3 is 2.48 bits per heavy atom. The highest BCUT2D eigenvalue weighted by atomic mass is 32.2. The van der Waals surface area contributed by atoms with Crippen LogP contribution in [0.4, 0.5) is 4.79 Å². The lowest BCUT2D eigenvalue weighted by atomic mass is 10.1. The SMILES string of the molecule is CC(c1ccccc1)N1C(=O)C2CN(S(=O)(=O)c3cccs3)CCN2C1=O. The van der Waals surface area contributed by atoms with Crippen molar-refractivity contribution in [3.05, 3.63) is 53.4 Å². The molecule has 2 aliphatic heterocycles. The minimum atomic E-state index is -3.65. The molecule has 2 saturated heterocycles. The number of imide groups is 1. The summed E-state index contributed by atoms with van der Waals surface area (Å²) in [7, 11) is -3.65. The van der Waals surface area contributed by atoms with Crippen LogP contribution in [-0.2, 0) is 14.8 Å². The van der Waals surface area contributed by atoms with Crippen molar-refractivity contribution in [3.8, 4) is 0 Å². The van der Waals surface area contributed by atoms with Crippen molar-refractivity contribution in [3.63, 3.8) is 0 Å². The van der Waals surface area contributed by atoms with Crippen LogP contribution in [0.15, 0.2) is 52.1 Å². The summed E-state index contributed by atoms with van der Waals surface area (Å²) in [6.45, 7) is 2.19. The van der Waals surface area contributed by atoms with Crippen molar-refractivity contribution < 1.29 is 18.0 Å². The normalized spacial score (nSPS) is 22.2. The zero-order valence-corrected chi connectivity index (χ0v) is 16.3. The topological polar surface area (TPSA) is 78.0 Å². The van der Waals surface area contributed by atoms with Crippen LogP contribution in [0.5, 0.6) is 0 Å². The third-order valence-electron chi connectivity index (χ3n) is 5.08. The molecule has 9 heteroatoms. The molecule has 2 aromatic rings. The zero-order chi connectivity index (χ0) is 19.2. The summed E-state index contributed by atoms with van der Waals surface area (Å²) in [5.41, 5.74) is 0.863. The predicted molar refractivity (Wildman–Crippen MR) is 101 cm³/mol. The Bertz CT molecular complexity index is 960. The molecule has 1 aromatic carbocycles. The van der Waals surface area contributed by atoms with Gasteiger partial charge in [-0.2, -0.15) is 4.31 Å². The number of sulfonamides is 1. The molecule has 2 unspecified atom stereocenters. The number of nitrogens with zero attached hydrogens (tertiary/aromatic N) is 3. The van der Waals surface area contributed by atoms with Crippen molar-refractivity contribution in [1.29, 1.82) is 0 Å². The largest absolute Gasteiger partial charge is 0.328 e. The number of benzene rings is 1. The van der Waals surface area contributed by atoms with Gasteiger partial charge in [0.15, 0.2) is 0 Å². The molecule has 27 heavy (non-hydrogen) atoms. The number of amides is 3. The summed E-state index contributed by atoms with van der Waals surface area (Å²) < 4.78 is 27.1. The molecular weight excluding hydrogens is 386 g/mol. The Labute approximate surface area is 161 Å². The molecule has 3 heterocycles. The molecule has 3 amide bonds. The molecule has 0 aliphatic carbocycles. The molecule has 2 atom stereocenters. The average molecular weight is 406 g/mol. The monoisotopic (exact) mass is 405 g/mol. The molecular formula is C18H19N3O4S2. The smallest absolute Gasteiger partial charge is 0.310 e. The van der Waals surface area contributed by atoms with E-state index in [2.05, 4.69) is 0 Å². The van der Waals surface area contributed by atoms with E-state index in [1.165, 1.54) is 14.1 Å². The fourth-order valence-electron chi connectivity index (χ4n) is 3.58. The van der Waals surface area contributed by atoms with Gasteiger partial charge in [-0.15, -0.1) is 11.3 Å². The van der Waals surface area contributed by atoms with Crippen LogP contribution >= 0.6 is 11.3 Å². The highest BCUT2D eigenvalue weighted by molar-refractivity contribution is 7.91. The molecule has 142 valence electrons.